The molecular formula is C18H18N2O3S. The summed E-state index contributed by atoms with van der Waals surface area (Å²) >= 11 is 1.43. The lowest BCUT2D eigenvalue weighted by Gasteiger charge is -2.09. The highest BCUT2D eigenvalue weighted by atomic mass is 32.1. The molecule has 0 radical (unpaired) electrons. The second kappa shape index (κ2) is 7.70. The molecule has 0 spiro atoms. The Labute approximate surface area is 144 Å². The summed E-state index contributed by atoms with van der Waals surface area (Å²) in [5.41, 5.74) is 0.888. The van der Waals surface area contributed by atoms with Gasteiger partial charge < -0.3 is 19.4 Å². The topological polar surface area (TPSA) is 52.5 Å². The Balaban J connectivity index is 1.50. The Bertz CT molecular complexity index is 779. The summed E-state index contributed by atoms with van der Waals surface area (Å²) in [6.07, 6.45) is 3.84. The summed E-state index contributed by atoms with van der Waals surface area (Å²) < 4.78 is 12.6. The zero-order valence-corrected chi connectivity index (χ0v) is 14.1. The van der Waals surface area contributed by atoms with E-state index in [9.17, 15) is 4.79 Å². The molecule has 2 heterocycles. The largest absolute Gasteiger partial charge is 0.497 e. The van der Waals surface area contributed by atoms with E-state index in [4.69, 9.17) is 9.47 Å². The van der Waals surface area contributed by atoms with Crippen LogP contribution in [0.2, 0.25) is 0 Å². The molecule has 0 bridgehead atoms. The first-order valence-corrected chi connectivity index (χ1v) is 8.42. The fourth-order valence-electron chi connectivity index (χ4n) is 2.26. The van der Waals surface area contributed by atoms with Gasteiger partial charge in [0.2, 0.25) is 0 Å². The van der Waals surface area contributed by atoms with Gasteiger partial charge in [0.15, 0.2) is 0 Å². The molecule has 1 N–H and O–H groups in total. The van der Waals surface area contributed by atoms with Crippen molar-refractivity contribution < 1.29 is 14.3 Å². The van der Waals surface area contributed by atoms with Gasteiger partial charge >= 0.3 is 0 Å². The summed E-state index contributed by atoms with van der Waals surface area (Å²) in [5, 5.41) is 4.80. The first-order chi connectivity index (χ1) is 11.8. The van der Waals surface area contributed by atoms with Crippen LogP contribution in [0, 0.1) is 0 Å². The first-order valence-electron chi connectivity index (χ1n) is 7.54. The van der Waals surface area contributed by atoms with E-state index in [2.05, 4.69) is 5.32 Å². The fourth-order valence-corrected chi connectivity index (χ4v) is 3.06. The Kier molecular flexibility index (Phi) is 5.18. The molecule has 3 aromatic rings. The molecule has 24 heavy (non-hydrogen) atoms. The van der Waals surface area contributed by atoms with Crippen molar-refractivity contribution in [3.8, 4) is 17.2 Å². The number of amides is 1. The van der Waals surface area contributed by atoms with Crippen LogP contribution in [0.5, 0.6) is 11.5 Å². The minimum atomic E-state index is -0.0907. The highest BCUT2D eigenvalue weighted by Gasteiger charge is 2.13. The summed E-state index contributed by atoms with van der Waals surface area (Å²) in [6, 6.07) is 13.2. The lowest BCUT2D eigenvalue weighted by molar-refractivity contribution is 0.0951. The van der Waals surface area contributed by atoms with Gasteiger partial charge in [-0.3, -0.25) is 4.79 Å². The molecule has 6 heteroatoms. The maximum absolute atomic E-state index is 12.3. The Morgan fingerprint density at radius 3 is 2.54 bits per heavy atom. The van der Waals surface area contributed by atoms with Crippen molar-refractivity contribution in [2.45, 2.75) is 0 Å². The number of nitrogens with one attached hydrogen (secondary N) is 1. The van der Waals surface area contributed by atoms with Crippen molar-refractivity contribution in [3.63, 3.8) is 0 Å². The van der Waals surface area contributed by atoms with Crippen molar-refractivity contribution in [2.75, 3.05) is 20.3 Å². The monoisotopic (exact) mass is 342 g/mol. The molecule has 0 unspecified atom stereocenters. The third-order valence-corrected chi connectivity index (χ3v) is 4.35. The quantitative estimate of drug-likeness (QED) is 0.670. The normalized spacial score (nSPS) is 10.4. The molecule has 0 aliphatic carbocycles. The molecule has 0 saturated carbocycles. The molecular weight excluding hydrogens is 324 g/mol. The summed E-state index contributed by atoms with van der Waals surface area (Å²) in [5.74, 6) is 1.44. The minimum Gasteiger partial charge on any atom is -0.497 e. The van der Waals surface area contributed by atoms with Crippen LogP contribution in [0.25, 0.3) is 5.69 Å². The van der Waals surface area contributed by atoms with Gasteiger partial charge in [-0.15, -0.1) is 11.3 Å². The van der Waals surface area contributed by atoms with Crippen molar-refractivity contribution in [2.24, 2.45) is 0 Å². The molecule has 0 atom stereocenters. The van der Waals surface area contributed by atoms with Gasteiger partial charge in [0.05, 0.1) is 19.3 Å². The molecule has 5 nitrogen and oxygen atoms in total. The third kappa shape index (κ3) is 3.78. The second-order valence-electron chi connectivity index (χ2n) is 5.01. The van der Waals surface area contributed by atoms with Crippen molar-refractivity contribution in [1.82, 2.24) is 9.88 Å². The van der Waals surface area contributed by atoms with E-state index in [0.717, 1.165) is 17.2 Å². The predicted octanol–water partition coefficient (Wildman–Crippen LogP) is 3.36. The smallest absolute Gasteiger partial charge is 0.263 e. The third-order valence-electron chi connectivity index (χ3n) is 3.45. The molecule has 2 aromatic heterocycles. The molecule has 0 aliphatic heterocycles. The van der Waals surface area contributed by atoms with Crippen molar-refractivity contribution in [1.29, 1.82) is 0 Å². The van der Waals surface area contributed by atoms with E-state index in [1.54, 1.807) is 7.11 Å². The lowest BCUT2D eigenvalue weighted by atomic mass is 10.3. The maximum atomic E-state index is 12.3. The van der Waals surface area contributed by atoms with Gasteiger partial charge in [-0.1, -0.05) is 0 Å². The average molecular weight is 342 g/mol. The highest BCUT2D eigenvalue weighted by Crippen LogP contribution is 2.21. The minimum absolute atomic E-state index is 0.0907. The van der Waals surface area contributed by atoms with Gasteiger partial charge in [-0.05, 0) is 47.8 Å². The van der Waals surface area contributed by atoms with Crippen LogP contribution < -0.4 is 14.8 Å². The van der Waals surface area contributed by atoms with E-state index in [1.807, 2.05) is 64.8 Å². The lowest BCUT2D eigenvalue weighted by Crippen LogP contribution is -2.28. The zero-order chi connectivity index (χ0) is 16.8. The number of thiophene rings is 1. The number of methoxy groups -OCH3 is 1. The zero-order valence-electron chi connectivity index (χ0n) is 13.3. The van der Waals surface area contributed by atoms with Crippen LogP contribution in [0.15, 0.2) is 60.2 Å². The van der Waals surface area contributed by atoms with E-state index in [0.29, 0.717) is 18.0 Å². The maximum Gasteiger partial charge on any atom is 0.263 e. The van der Waals surface area contributed by atoms with E-state index >= 15 is 0 Å². The van der Waals surface area contributed by atoms with Crippen molar-refractivity contribution >= 4 is 17.2 Å². The highest BCUT2D eigenvalue weighted by molar-refractivity contribution is 7.12. The van der Waals surface area contributed by atoms with E-state index < -0.39 is 0 Å². The van der Waals surface area contributed by atoms with Crippen molar-refractivity contribution in [3.05, 3.63) is 65.1 Å². The standard InChI is InChI=1S/C18H18N2O3S/c1-22-14-4-6-15(7-5-14)23-12-9-19-18(21)17-16(8-13-24-17)20-10-2-3-11-20/h2-8,10-11,13H,9,12H2,1H3,(H,19,21). The van der Waals surface area contributed by atoms with Crippen LogP contribution in [-0.2, 0) is 0 Å². The number of hydrogen-bond donors (Lipinski definition) is 1. The number of hydrogen-bond acceptors (Lipinski definition) is 4. The molecule has 1 aromatic carbocycles. The first kappa shape index (κ1) is 16.1. The fraction of sp³-hybridized carbons (Fsp3) is 0.167. The van der Waals surface area contributed by atoms with Gasteiger partial charge in [-0.25, -0.2) is 0 Å². The molecule has 0 saturated heterocycles. The van der Waals surface area contributed by atoms with Crippen LogP contribution in [0.1, 0.15) is 9.67 Å². The SMILES string of the molecule is COc1ccc(OCCNC(=O)c2sccc2-n2cccc2)cc1. The Morgan fingerprint density at radius 2 is 1.83 bits per heavy atom. The van der Waals surface area contributed by atoms with Crippen LogP contribution in [-0.4, -0.2) is 30.7 Å². The number of benzene rings is 1. The average Bonchev–Trinajstić information content (AvgIpc) is 3.29. The van der Waals surface area contributed by atoms with Crippen LogP contribution in [0.4, 0.5) is 0 Å². The molecule has 124 valence electrons. The Morgan fingerprint density at radius 1 is 1.12 bits per heavy atom. The number of aromatic nitrogens is 1. The number of ether oxygens (including phenoxy) is 2. The van der Waals surface area contributed by atoms with Crippen LogP contribution in [0.3, 0.4) is 0 Å². The van der Waals surface area contributed by atoms with Gasteiger partial charge in [-0.2, -0.15) is 0 Å². The second-order valence-corrected chi connectivity index (χ2v) is 5.92. The van der Waals surface area contributed by atoms with E-state index in [1.165, 1.54) is 11.3 Å². The van der Waals surface area contributed by atoms with E-state index in [-0.39, 0.29) is 5.91 Å². The molecule has 1 amide bonds. The summed E-state index contributed by atoms with van der Waals surface area (Å²) in [6.45, 7) is 0.843. The molecule has 0 fully saturated rings. The summed E-state index contributed by atoms with van der Waals surface area (Å²) in [4.78, 5) is 13.0. The van der Waals surface area contributed by atoms with Gasteiger partial charge in [0.25, 0.3) is 5.91 Å². The number of rotatable bonds is 7. The number of carbonyl (C=O) groups is 1. The predicted molar refractivity (Wildman–Crippen MR) is 94.5 cm³/mol. The van der Waals surface area contributed by atoms with Gasteiger partial charge in [0, 0.05) is 12.4 Å². The summed E-state index contributed by atoms with van der Waals surface area (Å²) in [7, 11) is 1.62. The Hall–Kier alpha value is -2.73. The number of carbonyl (C=O) groups excluding carboxylic acids is 1. The number of nitrogens with zero attached hydrogens (tertiary/aromatic N) is 1. The molecule has 0 aliphatic rings. The molecule has 3 rings (SSSR count). The van der Waals surface area contributed by atoms with Gasteiger partial charge in [0.1, 0.15) is 23.0 Å². The van der Waals surface area contributed by atoms with Crippen LogP contribution >= 0.6 is 11.3 Å².